The van der Waals surface area contributed by atoms with Crippen LogP contribution in [0.15, 0.2) is 55.4 Å². The van der Waals surface area contributed by atoms with Crippen LogP contribution < -0.4 is 10.2 Å². The topological polar surface area (TPSA) is 45.2 Å². The van der Waals surface area contributed by atoms with Crippen LogP contribution in [-0.2, 0) is 0 Å². The lowest BCUT2D eigenvalue weighted by molar-refractivity contribution is 0.0957. The quantitative estimate of drug-likeness (QED) is 0.830. The smallest absolute Gasteiger partial charge is 0.253 e. The van der Waals surface area contributed by atoms with Gasteiger partial charge in [0.25, 0.3) is 5.91 Å². The van der Waals surface area contributed by atoms with Gasteiger partial charge in [-0.05, 0) is 37.6 Å². The minimum Gasteiger partial charge on any atom is -0.349 e. The summed E-state index contributed by atoms with van der Waals surface area (Å²) in [5.74, 6) is -0.144. The number of amides is 1. The van der Waals surface area contributed by atoms with E-state index in [0.29, 0.717) is 12.1 Å². The maximum absolute atomic E-state index is 12.0. The van der Waals surface area contributed by atoms with Crippen molar-refractivity contribution in [2.45, 2.75) is 13.8 Å². The monoisotopic (exact) mass is 295 g/mol. The Balaban J connectivity index is 2.30. The van der Waals surface area contributed by atoms with Crippen molar-refractivity contribution in [3.05, 3.63) is 66.5 Å². The molecule has 0 fully saturated rings. The molecule has 0 saturated heterocycles. The van der Waals surface area contributed by atoms with Gasteiger partial charge in [-0.3, -0.25) is 9.78 Å². The Morgan fingerprint density at radius 3 is 2.82 bits per heavy atom. The van der Waals surface area contributed by atoms with Crippen LogP contribution in [0.2, 0.25) is 0 Å². The van der Waals surface area contributed by atoms with Crippen LogP contribution in [0.5, 0.6) is 0 Å². The third kappa shape index (κ3) is 3.73. The Labute approximate surface area is 131 Å². The van der Waals surface area contributed by atoms with Gasteiger partial charge in [0, 0.05) is 25.0 Å². The number of rotatable bonds is 6. The van der Waals surface area contributed by atoms with Crippen molar-refractivity contribution in [1.29, 1.82) is 0 Å². The van der Waals surface area contributed by atoms with E-state index in [2.05, 4.69) is 53.8 Å². The molecule has 4 heteroatoms. The van der Waals surface area contributed by atoms with Crippen molar-refractivity contribution in [3.8, 4) is 0 Å². The van der Waals surface area contributed by atoms with Crippen LogP contribution in [0.4, 0.5) is 11.4 Å². The normalized spacial score (nSPS) is 10.1. The average molecular weight is 295 g/mol. The highest BCUT2D eigenvalue weighted by Gasteiger charge is 2.11. The molecule has 0 aliphatic rings. The Bertz CT molecular complexity index is 667. The first kappa shape index (κ1) is 15.8. The fourth-order valence-corrected chi connectivity index (χ4v) is 2.28. The van der Waals surface area contributed by atoms with E-state index in [-0.39, 0.29) is 5.91 Å². The largest absolute Gasteiger partial charge is 0.349 e. The summed E-state index contributed by atoms with van der Waals surface area (Å²) >= 11 is 0. The summed E-state index contributed by atoms with van der Waals surface area (Å²) < 4.78 is 0. The highest BCUT2D eigenvalue weighted by molar-refractivity contribution is 5.95. The molecule has 1 aromatic heterocycles. The molecule has 1 aromatic carbocycles. The number of carbonyl (C=O) groups excluding carboxylic acids is 1. The summed E-state index contributed by atoms with van der Waals surface area (Å²) in [6.45, 7) is 8.97. The zero-order valence-corrected chi connectivity index (χ0v) is 13.0. The number of carbonyl (C=O) groups is 1. The second-order valence-corrected chi connectivity index (χ2v) is 5.01. The van der Waals surface area contributed by atoms with E-state index in [4.69, 9.17) is 0 Å². The number of pyridine rings is 1. The zero-order chi connectivity index (χ0) is 15.9. The molecule has 114 valence electrons. The average Bonchev–Trinajstić information content (AvgIpc) is 2.54. The van der Waals surface area contributed by atoms with Gasteiger partial charge < -0.3 is 10.2 Å². The molecule has 0 radical (unpaired) electrons. The van der Waals surface area contributed by atoms with Gasteiger partial charge >= 0.3 is 0 Å². The number of nitrogens with zero attached hydrogens (tertiary/aromatic N) is 2. The Hall–Kier alpha value is -2.62. The molecular weight excluding hydrogens is 274 g/mol. The molecule has 1 heterocycles. The molecule has 2 aromatic rings. The van der Waals surface area contributed by atoms with Crippen LogP contribution in [0.25, 0.3) is 0 Å². The number of hydrogen-bond donors (Lipinski definition) is 1. The van der Waals surface area contributed by atoms with Gasteiger partial charge in [0.1, 0.15) is 0 Å². The molecule has 22 heavy (non-hydrogen) atoms. The number of anilines is 2. The standard InChI is InChI=1S/C18H21N3O/c1-4-9-20-18(22)15-11-17(13-19-12-15)21(5-2)16-8-6-7-14(3)10-16/h4,6-8,10-13H,1,5,9H2,2-3H3,(H,20,22). The fraction of sp³-hybridized carbons (Fsp3) is 0.222. The summed E-state index contributed by atoms with van der Waals surface area (Å²) in [6.07, 6.45) is 5.00. The summed E-state index contributed by atoms with van der Waals surface area (Å²) in [5, 5.41) is 2.77. The molecular formula is C18H21N3O. The van der Waals surface area contributed by atoms with Crippen LogP contribution in [0, 0.1) is 6.92 Å². The van der Waals surface area contributed by atoms with Crippen molar-refractivity contribution in [3.63, 3.8) is 0 Å². The van der Waals surface area contributed by atoms with Gasteiger partial charge in [-0.1, -0.05) is 18.2 Å². The van der Waals surface area contributed by atoms with Crippen LogP contribution in [-0.4, -0.2) is 24.0 Å². The maximum atomic E-state index is 12.0. The predicted octanol–water partition coefficient (Wildman–Crippen LogP) is 3.46. The first-order valence-electron chi connectivity index (χ1n) is 7.34. The van der Waals surface area contributed by atoms with E-state index in [1.165, 1.54) is 5.56 Å². The molecule has 0 aliphatic carbocycles. The summed E-state index contributed by atoms with van der Waals surface area (Å²) in [4.78, 5) is 18.4. The summed E-state index contributed by atoms with van der Waals surface area (Å²) in [7, 11) is 0. The lowest BCUT2D eigenvalue weighted by Gasteiger charge is -2.23. The minimum absolute atomic E-state index is 0.144. The van der Waals surface area contributed by atoms with E-state index in [0.717, 1.165) is 17.9 Å². The van der Waals surface area contributed by atoms with E-state index >= 15 is 0 Å². The molecule has 0 aliphatic heterocycles. The van der Waals surface area contributed by atoms with Crippen LogP contribution in [0.3, 0.4) is 0 Å². The number of benzene rings is 1. The SMILES string of the molecule is C=CCNC(=O)c1cncc(N(CC)c2cccc(C)c2)c1. The van der Waals surface area contributed by atoms with Crippen molar-refractivity contribution >= 4 is 17.3 Å². The molecule has 1 amide bonds. The van der Waals surface area contributed by atoms with Crippen LogP contribution in [0.1, 0.15) is 22.8 Å². The van der Waals surface area contributed by atoms with Crippen molar-refractivity contribution in [1.82, 2.24) is 10.3 Å². The molecule has 1 N–H and O–H groups in total. The van der Waals surface area contributed by atoms with Crippen molar-refractivity contribution < 1.29 is 4.79 Å². The summed E-state index contributed by atoms with van der Waals surface area (Å²) in [5.41, 5.74) is 3.74. The Kier molecular flexibility index (Phi) is 5.31. The van der Waals surface area contributed by atoms with Crippen molar-refractivity contribution in [2.75, 3.05) is 18.0 Å². The third-order valence-electron chi connectivity index (χ3n) is 3.33. The molecule has 0 atom stereocenters. The Morgan fingerprint density at radius 2 is 2.14 bits per heavy atom. The first-order valence-corrected chi connectivity index (χ1v) is 7.34. The molecule has 0 saturated carbocycles. The van der Waals surface area contributed by atoms with Gasteiger partial charge in [-0.25, -0.2) is 0 Å². The van der Waals surface area contributed by atoms with E-state index in [1.54, 1.807) is 18.5 Å². The van der Waals surface area contributed by atoms with Gasteiger partial charge in [0.05, 0.1) is 17.4 Å². The third-order valence-corrected chi connectivity index (χ3v) is 3.33. The fourth-order valence-electron chi connectivity index (χ4n) is 2.28. The van der Waals surface area contributed by atoms with E-state index in [1.807, 2.05) is 12.1 Å². The lowest BCUT2D eigenvalue weighted by Crippen LogP contribution is -2.24. The molecule has 0 bridgehead atoms. The Morgan fingerprint density at radius 1 is 1.32 bits per heavy atom. The second kappa shape index (κ2) is 7.41. The second-order valence-electron chi connectivity index (χ2n) is 5.01. The number of nitrogens with one attached hydrogen (secondary N) is 1. The van der Waals surface area contributed by atoms with Gasteiger partial charge in [-0.2, -0.15) is 0 Å². The molecule has 0 unspecified atom stereocenters. The van der Waals surface area contributed by atoms with Gasteiger partial charge in [0.2, 0.25) is 0 Å². The highest BCUT2D eigenvalue weighted by atomic mass is 16.1. The maximum Gasteiger partial charge on any atom is 0.253 e. The highest BCUT2D eigenvalue weighted by Crippen LogP contribution is 2.25. The predicted molar refractivity (Wildman–Crippen MR) is 90.6 cm³/mol. The van der Waals surface area contributed by atoms with E-state index < -0.39 is 0 Å². The van der Waals surface area contributed by atoms with E-state index in [9.17, 15) is 4.79 Å². The van der Waals surface area contributed by atoms with Crippen molar-refractivity contribution in [2.24, 2.45) is 0 Å². The minimum atomic E-state index is -0.144. The lowest BCUT2D eigenvalue weighted by atomic mass is 10.2. The number of hydrogen-bond acceptors (Lipinski definition) is 3. The molecule has 4 nitrogen and oxygen atoms in total. The first-order chi connectivity index (χ1) is 10.7. The zero-order valence-electron chi connectivity index (χ0n) is 13.0. The number of aryl methyl sites for hydroxylation is 1. The van der Waals surface area contributed by atoms with Crippen LogP contribution >= 0.6 is 0 Å². The molecule has 2 rings (SSSR count). The number of aromatic nitrogens is 1. The van der Waals surface area contributed by atoms with Gasteiger partial charge in [-0.15, -0.1) is 6.58 Å². The molecule has 0 spiro atoms. The van der Waals surface area contributed by atoms with Gasteiger partial charge in [0.15, 0.2) is 0 Å². The summed E-state index contributed by atoms with van der Waals surface area (Å²) in [6, 6.07) is 10.1.